The normalized spacial score (nSPS) is 12.5. The van der Waals surface area contributed by atoms with Crippen LogP contribution in [0.1, 0.15) is 63.8 Å². The molecule has 0 bridgehead atoms. The Hall–Kier alpha value is -3.22. The fourth-order valence-corrected chi connectivity index (χ4v) is 6.43. The molecule has 2 heterocycles. The molecule has 2 aromatic heterocycles. The predicted molar refractivity (Wildman–Crippen MR) is 151 cm³/mol. The van der Waals surface area contributed by atoms with Gasteiger partial charge in [-0.05, 0) is 82.0 Å². The minimum Gasteiger partial charge on any atom is -0.255 e. The highest BCUT2D eigenvalue weighted by Gasteiger charge is 2.21. The molecule has 0 radical (unpaired) electrons. The quantitative estimate of drug-likeness (QED) is 0.254. The zero-order valence-electron chi connectivity index (χ0n) is 21.7. The summed E-state index contributed by atoms with van der Waals surface area (Å²) >= 11 is 1.87. The smallest absolute Gasteiger partial charge is 0.0991 e. The Morgan fingerprint density at radius 1 is 0.857 bits per heavy atom. The van der Waals surface area contributed by atoms with Crippen molar-refractivity contribution in [3.63, 3.8) is 0 Å². The van der Waals surface area contributed by atoms with Gasteiger partial charge in [0.25, 0.3) is 0 Å². The number of pyridine rings is 1. The lowest BCUT2D eigenvalue weighted by molar-refractivity contribution is 0.410. The van der Waals surface area contributed by atoms with Crippen LogP contribution in [0.25, 0.3) is 42.2 Å². The molecule has 0 amide bonds. The number of benzene rings is 3. The summed E-state index contributed by atoms with van der Waals surface area (Å²) in [5, 5.41) is 14.3. The lowest BCUT2D eigenvalue weighted by Crippen LogP contribution is -2.12. The Morgan fingerprint density at radius 2 is 1.60 bits per heavy atom. The second-order valence-corrected chi connectivity index (χ2v) is 12.9. The number of nitriles is 1. The molecule has 3 heteroatoms. The van der Waals surface area contributed by atoms with Gasteiger partial charge < -0.3 is 0 Å². The summed E-state index contributed by atoms with van der Waals surface area (Å²) in [4.78, 5) is 4.91. The minimum absolute atomic E-state index is 0.0607. The maximum atomic E-state index is 9.46. The van der Waals surface area contributed by atoms with Crippen molar-refractivity contribution in [2.24, 2.45) is 5.41 Å². The van der Waals surface area contributed by atoms with Gasteiger partial charge in [0, 0.05) is 27.2 Å². The largest absolute Gasteiger partial charge is 0.255 e. The molecule has 0 saturated heterocycles. The molecule has 35 heavy (non-hydrogen) atoms. The van der Waals surface area contributed by atoms with Crippen molar-refractivity contribution in [3.05, 3.63) is 77.0 Å². The van der Waals surface area contributed by atoms with Gasteiger partial charge in [-0.3, -0.25) is 4.98 Å². The molecule has 3 aromatic carbocycles. The Balaban J connectivity index is 1.78. The molecule has 0 N–H and O–H groups in total. The van der Waals surface area contributed by atoms with Gasteiger partial charge in [0.2, 0.25) is 0 Å². The summed E-state index contributed by atoms with van der Waals surface area (Å²) < 4.78 is 2.61. The van der Waals surface area contributed by atoms with E-state index in [1.165, 1.54) is 36.9 Å². The van der Waals surface area contributed by atoms with E-state index in [2.05, 4.69) is 90.9 Å². The molecule has 0 saturated carbocycles. The van der Waals surface area contributed by atoms with Gasteiger partial charge in [0.15, 0.2) is 0 Å². The monoisotopic (exact) mass is 476 g/mol. The Morgan fingerprint density at radius 3 is 2.29 bits per heavy atom. The van der Waals surface area contributed by atoms with E-state index in [-0.39, 0.29) is 10.8 Å². The van der Waals surface area contributed by atoms with Gasteiger partial charge in [-0.15, -0.1) is 11.3 Å². The van der Waals surface area contributed by atoms with E-state index >= 15 is 0 Å². The van der Waals surface area contributed by atoms with Crippen LogP contribution < -0.4 is 0 Å². The predicted octanol–water partition coefficient (Wildman–Crippen LogP) is 9.34. The first kappa shape index (κ1) is 23.5. The van der Waals surface area contributed by atoms with Gasteiger partial charge in [-0.25, -0.2) is 0 Å². The third-order valence-electron chi connectivity index (χ3n) is 6.80. The van der Waals surface area contributed by atoms with Gasteiger partial charge >= 0.3 is 0 Å². The summed E-state index contributed by atoms with van der Waals surface area (Å²) in [6, 6.07) is 19.6. The first-order chi connectivity index (χ1) is 16.5. The number of aryl methyl sites for hydroxylation is 1. The molecule has 5 aromatic rings. The van der Waals surface area contributed by atoms with Gasteiger partial charge in [0.05, 0.1) is 22.0 Å². The summed E-state index contributed by atoms with van der Waals surface area (Å²) in [6.45, 7) is 15.9. The fourth-order valence-electron chi connectivity index (χ4n) is 5.09. The molecule has 0 aliphatic rings. The molecule has 2 nitrogen and oxygen atoms in total. The van der Waals surface area contributed by atoms with E-state index in [0.717, 1.165) is 28.5 Å². The van der Waals surface area contributed by atoms with Crippen molar-refractivity contribution in [1.82, 2.24) is 4.98 Å². The molecule has 0 aliphatic carbocycles. The zero-order valence-corrected chi connectivity index (χ0v) is 22.5. The van der Waals surface area contributed by atoms with Crippen LogP contribution in [0.2, 0.25) is 0 Å². The molecule has 0 unspecified atom stereocenters. The van der Waals surface area contributed by atoms with Crippen LogP contribution in [-0.4, -0.2) is 4.98 Å². The number of nitrogens with zero attached hydrogens (tertiary/aromatic N) is 2. The van der Waals surface area contributed by atoms with Crippen molar-refractivity contribution in [1.29, 1.82) is 5.26 Å². The third-order valence-corrected chi connectivity index (χ3v) is 8.15. The lowest BCUT2D eigenvalue weighted by atomic mass is 9.82. The standard InChI is InChI=1S/C32H32N2S/c1-19-22(17-31(2,3)4)10-11-24-25-12-13-34-28(30(25)35-29(19)24)23-15-21-9-8-20(18-33)14-26(21)27(16-23)32(5,6)7/h8-16H,17H2,1-7H3. The van der Waals surface area contributed by atoms with Crippen molar-refractivity contribution < 1.29 is 0 Å². The number of fused-ring (bicyclic) bond motifs is 4. The fraction of sp³-hybridized carbons (Fsp3) is 0.312. The van der Waals surface area contributed by atoms with E-state index in [1.807, 2.05) is 29.7 Å². The molecule has 0 aliphatic heterocycles. The van der Waals surface area contributed by atoms with Crippen molar-refractivity contribution in [2.75, 3.05) is 0 Å². The number of thiophene rings is 1. The van der Waals surface area contributed by atoms with Gasteiger partial charge in [-0.1, -0.05) is 59.7 Å². The van der Waals surface area contributed by atoms with Crippen LogP contribution in [0.3, 0.4) is 0 Å². The summed E-state index contributed by atoms with van der Waals surface area (Å²) in [7, 11) is 0. The van der Waals surface area contributed by atoms with Gasteiger partial charge in [0.1, 0.15) is 0 Å². The Bertz CT molecular complexity index is 1650. The maximum absolute atomic E-state index is 9.46. The van der Waals surface area contributed by atoms with Crippen LogP contribution in [0.5, 0.6) is 0 Å². The second-order valence-electron chi connectivity index (χ2n) is 11.9. The van der Waals surface area contributed by atoms with Crippen LogP contribution in [0.4, 0.5) is 0 Å². The van der Waals surface area contributed by atoms with Crippen LogP contribution in [0, 0.1) is 23.7 Å². The third kappa shape index (κ3) is 4.21. The number of aromatic nitrogens is 1. The van der Waals surface area contributed by atoms with E-state index < -0.39 is 0 Å². The van der Waals surface area contributed by atoms with Crippen LogP contribution in [0.15, 0.2) is 54.7 Å². The zero-order chi connectivity index (χ0) is 25.1. The summed E-state index contributed by atoms with van der Waals surface area (Å²) in [5.74, 6) is 0. The molecule has 0 spiro atoms. The lowest BCUT2D eigenvalue weighted by Gasteiger charge is -2.23. The molecular formula is C32H32N2S. The number of hydrogen-bond donors (Lipinski definition) is 0. The first-order valence-corrected chi connectivity index (χ1v) is 13.1. The second kappa shape index (κ2) is 8.18. The summed E-state index contributed by atoms with van der Waals surface area (Å²) in [6.07, 6.45) is 3.01. The highest BCUT2D eigenvalue weighted by molar-refractivity contribution is 7.26. The summed E-state index contributed by atoms with van der Waals surface area (Å²) in [5.41, 5.74) is 7.13. The Labute approximate surface area is 212 Å². The average Bonchev–Trinajstić information content (AvgIpc) is 3.18. The van der Waals surface area contributed by atoms with E-state index in [1.54, 1.807) is 0 Å². The van der Waals surface area contributed by atoms with Crippen LogP contribution in [-0.2, 0) is 11.8 Å². The minimum atomic E-state index is -0.0607. The molecule has 176 valence electrons. The van der Waals surface area contributed by atoms with Crippen molar-refractivity contribution in [2.45, 2.75) is 60.3 Å². The van der Waals surface area contributed by atoms with E-state index in [4.69, 9.17) is 4.98 Å². The topological polar surface area (TPSA) is 36.7 Å². The number of hydrogen-bond acceptors (Lipinski definition) is 3. The molecule has 5 rings (SSSR count). The van der Waals surface area contributed by atoms with Crippen LogP contribution >= 0.6 is 11.3 Å². The maximum Gasteiger partial charge on any atom is 0.0991 e. The average molecular weight is 477 g/mol. The molecule has 0 fully saturated rings. The highest BCUT2D eigenvalue weighted by atomic mass is 32.1. The Kier molecular flexibility index (Phi) is 5.49. The van der Waals surface area contributed by atoms with Gasteiger partial charge in [-0.2, -0.15) is 5.26 Å². The van der Waals surface area contributed by atoms with E-state index in [9.17, 15) is 5.26 Å². The van der Waals surface area contributed by atoms with Crippen molar-refractivity contribution in [3.8, 4) is 17.3 Å². The highest BCUT2D eigenvalue weighted by Crippen LogP contribution is 2.43. The number of rotatable bonds is 2. The first-order valence-electron chi connectivity index (χ1n) is 12.2. The van der Waals surface area contributed by atoms with E-state index in [0.29, 0.717) is 5.56 Å². The SMILES string of the molecule is Cc1c(CC(C)(C)C)ccc2c1sc1c(-c3cc(C(C)(C)C)c4cc(C#N)ccc4c3)nccc12. The van der Waals surface area contributed by atoms with Crippen molar-refractivity contribution >= 4 is 42.3 Å². The molecule has 0 atom stereocenters. The molecular weight excluding hydrogens is 444 g/mol.